The molecule has 94 valence electrons. The van der Waals surface area contributed by atoms with Crippen molar-refractivity contribution in [3.05, 3.63) is 11.3 Å². The Morgan fingerprint density at radius 3 is 2.78 bits per heavy atom. The van der Waals surface area contributed by atoms with Crippen LogP contribution in [-0.4, -0.2) is 10.3 Å². The summed E-state index contributed by atoms with van der Waals surface area (Å²) in [7, 11) is 0. The zero-order valence-corrected chi connectivity index (χ0v) is 11.1. The molecule has 1 aromatic rings. The molecule has 0 radical (unpaired) electrons. The summed E-state index contributed by atoms with van der Waals surface area (Å²) in [6.45, 7) is 1.79. The van der Waals surface area contributed by atoms with Crippen molar-refractivity contribution in [3.8, 4) is 6.07 Å². The largest absolute Gasteiger partial charge is 0.315 e. The van der Waals surface area contributed by atoms with Crippen LogP contribution in [0.4, 0.5) is 5.00 Å². The van der Waals surface area contributed by atoms with Gasteiger partial charge in [-0.25, -0.2) is 0 Å². The number of hydrogen-bond donors (Lipinski definition) is 1. The van der Waals surface area contributed by atoms with Gasteiger partial charge in [0.1, 0.15) is 16.6 Å². The molecule has 1 aromatic heterocycles. The molecule has 0 aromatic carbocycles. The van der Waals surface area contributed by atoms with E-state index in [2.05, 4.69) is 15.8 Å². The Kier molecular flexibility index (Phi) is 2.83. The summed E-state index contributed by atoms with van der Waals surface area (Å²) in [4.78, 5) is 12.0. The number of nitriles is 1. The summed E-state index contributed by atoms with van der Waals surface area (Å²) < 4.78 is 4.10. The van der Waals surface area contributed by atoms with Gasteiger partial charge in [0.25, 0.3) is 0 Å². The van der Waals surface area contributed by atoms with E-state index in [0.717, 1.165) is 24.7 Å². The second kappa shape index (κ2) is 4.36. The number of amides is 1. The van der Waals surface area contributed by atoms with Crippen LogP contribution in [0.3, 0.4) is 0 Å². The van der Waals surface area contributed by atoms with Gasteiger partial charge in [-0.05, 0) is 56.0 Å². The van der Waals surface area contributed by atoms with E-state index in [1.54, 1.807) is 6.92 Å². The van der Waals surface area contributed by atoms with E-state index in [9.17, 15) is 4.79 Å². The second-order valence-corrected chi connectivity index (χ2v) is 6.11. The van der Waals surface area contributed by atoms with E-state index in [-0.39, 0.29) is 11.8 Å². The first-order valence-corrected chi connectivity index (χ1v) is 7.13. The van der Waals surface area contributed by atoms with Crippen molar-refractivity contribution >= 4 is 22.4 Å². The van der Waals surface area contributed by atoms with E-state index >= 15 is 0 Å². The molecule has 1 N–H and O–H groups in total. The van der Waals surface area contributed by atoms with Gasteiger partial charge in [-0.1, -0.05) is 0 Å². The third kappa shape index (κ3) is 2.01. The van der Waals surface area contributed by atoms with Crippen molar-refractivity contribution < 1.29 is 4.79 Å². The van der Waals surface area contributed by atoms with Crippen LogP contribution in [0.25, 0.3) is 0 Å². The summed E-state index contributed by atoms with van der Waals surface area (Å²) in [6.07, 6.45) is 4.75. The normalized spacial score (nSPS) is 26.2. The Morgan fingerprint density at radius 1 is 1.44 bits per heavy atom. The van der Waals surface area contributed by atoms with Crippen molar-refractivity contribution in [2.45, 2.75) is 32.6 Å². The highest BCUT2D eigenvalue weighted by Crippen LogP contribution is 2.49. The number of anilines is 1. The topological polar surface area (TPSA) is 65.8 Å². The number of rotatable bonds is 3. The Labute approximate surface area is 110 Å². The first-order valence-electron chi connectivity index (χ1n) is 6.36. The number of carbonyl (C=O) groups is 1. The van der Waals surface area contributed by atoms with Gasteiger partial charge in [-0.2, -0.15) is 9.64 Å². The summed E-state index contributed by atoms with van der Waals surface area (Å²) in [5, 5.41) is 12.5. The molecule has 1 heterocycles. The van der Waals surface area contributed by atoms with Gasteiger partial charge in [0.15, 0.2) is 0 Å². The Morgan fingerprint density at radius 2 is 2.17 bits per heavy atom. The molecule has 4 nitrogen and oxygen atoms in total. The monoisotopic (exact) mass is 261 g/mol. The number of hydrogen-bond acceptors (Lipinski definition) is 4. The van der Waals surface area contributed by atoms with Gasteiger partial charge in [-0.3, -0.25) is 4.79 Å². The predicted octanol–water partition coefficient (Wildman–Crippen LogP) is 2.70. The van der Waals surface area contributed by atoms with Gasteiger partial charge in [0.2, 0.25) is 5.91 Å². The molecular formula is C13H15N3OS. The minimum Gasteiger partial charge on any atom is -0.315 e. The molecule has 0 saturated heterocycles. The lowest BCUT2D eigenvalue weighted by Gasteiger charge is -2.34. The number of nitrogens with one attached hydrogen (secondary N) is 1. The van der Waals surface area contributed by atoms with Crippen molar-refractivity contribution in [1.29, 1.82) is 5.26 Å². The van der Waals surface area contributed by atoms with Crippen molar-refractivity contribution in [3.63, 3.8) is 0 Å². The van der Waals surface area contributed by atoms with Gasteiger partial charge in [-0.15, -0.1) is 0 Å². The van der Waals surface area contributed by atoms with Crippen molar-refractivity contribution in [2.75, 3.05) is 5.32 Å². The average molecular weight is 261 g/mol. The van der Waals surface area contributed by atoms with Crippen LogP contribution in [0.1, 0.15) is 36.9 Å². The molecule has 0 unspecified atom stereocenters. The lowest BCUT2D eigenvalue weighted by Crippen LogP contribution is -2.35. The SMILES string of the molecule is Cc1nsc(NC(=O)C2CC(C3CC3)C2)c1C#N. The Hall–Kier alpha value is -1.41. The molecule has 1 amide bonds. The molecule has 3 rings (SSSR count). The highest BCUT2D eigenvalue weighted by molar-refractivity contribution is 7.10. The highest BCUT2D eigenvalue weighted by atomic mass is 32.1. The van der Waals surface area contributed by atoms with Gasteiger partial charge in [0, 0.05) is 5.92 Å². The quantitative estimate of drug-likeness (QED) is 0.909. The molecule has 0 aliphatic heterocycles. The Balaban J connectivity index is 1.59. The smallest absolute Gasteiger partial charge is 0.228 e. The Bertz CT molecular complexity index is 521. The zero-order valence-electron chi connectivity index (χ0n) is 10.3. The summed E-state index contributed by atoms with van der Waals surface area (Å²) in [5.74, 6) is 1.88. The van der Waals surface area contributed by atoms with Crippen LogP contribution in [0.5, 0.6) is 0 Å². The summed E-state index contributed by atoms with van der Waals surface area (Å²) in [5.41, 5.74) is 1.20. The fraction of sp³-hybridized carbons (Fsp3) is 0.615. The fourth-order valence-electron chi connectivity index (χ4n) is 2.63. The predicted molar refractivity (Wildman–Crippen MR) is 69.1 cm³/mol. The van der Waals surface area contributed by atoms with Crippen LogP contribution in [0.2, 0.25) is 0 Å². The fourth-order valence-corrected chi connectivity index (χ4v) is 3.38. The molecule has 2 aliphatic rings. The van der Waals surface area contributed by atoms with Crippen LogP contribution in [0, 0.1) is 36.0 Å². The number of aryl methyl sites for hydroxylation is 1. The number of nitrogens with zero attached hydrogens (tertiary/aromatic N) is 2. The zero-order chi connectivity index (χ0) is 12.7. The van der Waals surface area contributed by atoms with E-state index in [1.807, 2.05) is 0 Å². The lowest BCUT2D eigenvalue weighted by molar-refractivity contribution is -0.124. The first kappa shape index (κ1) is 11.7. The second-order valence-electron chi connectivity index (χ2n) is 5.34. The first-order chi connectivity index (χ1) is 8.69. The maximum Gasteiger partial charge on any atom is 0.228 e. The molecule has 18 heavy (non-hydrogen) atoms. The molecule has 2 saturated carbocycles. The highest BCUT2D eigenvalue weighted by Gasteiger charge is 2.43. The molecule has 0 bridgehead atoms. The molecular weight excluding hydrogens is 246 g/mol. The molecule has 0 spiro atoms. The standard InChI is InChI=1S/C13H15N3OS/c1-7-11(6-14)13(18-16-7)15-12(17)10-4-9(5-10)8-2-3-8/h8-10H,2-5H2,1H3,(H,15,17). The summed E-state index contributed by atoms with van der Waals surface area (Å²) in [6, 6.07) is 2.09. The third-order valence-electron chi connectivity index (χ3n) is 4.05. The maximum atomic E-state index is 12.0. The summed E-state index contributed by atoms with van der Waals surface area (Å²) >= 11 is 1.20. The lowest BCUT2D eigenvalue weighted by atomic mass is 9.72. The molecule has 0 atom stereocenters. The van der Waals surface area contributed by atoms with Crippen LogP contribution < -0.4 is 5.32 Å². The number of aromatic nitrogens is 1. The van der Waals surface area contributed by atoms with Crippen molar-refractivity contribution in [2.24, 2.45) is 17.8 Å². The minimum atomic E-state index is 0.0621. The van der Waals surface area contributed by atoms with Crippen molar-refractivity contribution in [1.82, 2.24) is 4.37 Å². The van der Waals surface area contributed by atoms with Gasteiger partial charge < -0.3 is 5.32 Å². The minimum absolute atomic E-state index is 0.0621. The van der Waals surface area contributed by atoms with Crippen LogP contribution in [0.15, 0.2) is 0 Å². The molecule has 2 aliphatic carbocycles. The number of carbonyl (C=O) groups excluding carboxylic acids is 1. The van der Waals surface area contributed by atoms with Gasteiger partial charge >= 0.3 is 0 Å². The van der Waals surface area contributed by atoms with E-state index in [0.29, 0.717) is 16.3 Å². The molecule has 5 heteroatoms. The maximum absolute atomic E-state index is 12.0. The van der Waals surface area contributed by atoms with E-state index < -0.39 is 0 Å². The molecule has 2 fully saturated rings. The van der Waals surface area contributed by atoms with E-state index in [1.165, 1.54) is 24.4 Å². The van der Waals surface area contributed by atoms with E-state index in [4.69, 9.17) is 5.26 Å². The van der Waals surface area contributed by atoms with Crippen LogP contribution >= 0.6 is 11.5 Å². The van der Waals surface area contributed by atoms with Gasteiger partial charge in [0.05, 0.1) is 5.69 Å². The van der Waals surface area contributed by atoms with Crippen LogP contribution in [-0.2, 0) is 4.79 Å². The average Bonchev–Trinajstić information content (AvgIpc) is 3.03. The third-order valence-corrected chi connectivity index (χ3v) is 4.90.